The molecule has 0 saturated carbocycles. The topological polar surface area (TPSA) is 73.3 Å². The van der Waals surface area contributed by atoms with Crippen molar-refractivity contribution < 1.29 is 14.3 Å². The molecule has 0 saturated heterocycles. The molecule has 1 aromatic heterocycles. The lowest BCUT2D eigenvalue weighted by molar-refractivity contribution is -0.113. The Hall–Kier alpha value is -3.58. The number of ether oxygens (including phenoxy) is 2. The maximum Gasteiger partial charge on any atom is 0.234 e. The summed E-state index contributed by atoms with van der Waals surface area (Å²) < 4.78 is 10.7. The van der Waals surface area contributed by atoms with Gasteiger partial charge in [-0.1, -0.05) is 42.1 Å². The van der Waals surface area contributed by atoms with Crippen LogP contribution in [0.5, 0.6) is 11.5 Å². The predicted molar refractivity (Wildman–Crippen MR) is 128 cm³/mol. The molecule has 0 atom stereocenters. The van der Waals surface area contributed by atoms with Crippen LogP contribution in [-0.4, -0.2) is 35.8 Å². The van der Waals surface area contributed by atoms with Crippen molar-refractivity contribution in [1.29, 1.82) is 0 Å². The van der Waals surface area contributed by atoms with Crippen LogP contribution in [0.15, 0.2) is 77.8 Å². The van der Waals surface area contributed by atoms with E-state index in [1.54, 1.807) is 14.2 Å². The minimum atomic E-state index is -0.113. The van der Waals surface area contributed by atoms with E-state index in [2.05, 4.69) is 5.32 Å². The number of carbonyl (C=O) groups is 1. The summed E-state index contributed by atoms with van der Waals surface area (Å²) in [5.41, 5.74) is 4.17. The first-order valence-corrected chi connectivity index (χ1v) is 11.1. The SMILES string of the molecule is COc1ccc(NC(=O)CSc2nc3ccccc3nc2Cc2ccccc2OC)cc1. The summed E-state index contributed by atoms with van der Waals surface area (Å²) in [6, 6.07) is 22.8. The highest BCUT2D eigenvalue weighted by Crippen LogP contribution is 2.28. The lowest BCUT2D eigenvalue weighted by Crippen LogP contribution is -2.14. The van der Waals surface area contributed by atoms with Crippen molar-refractivity contribution in [1.82, 2.24) is 9.97 Å². The van der Waals surface area contributed by atoms with Gasteiger partial charge in [-0.25, -0.2) is 9.97 Å². The molecule has 4 rings (SSSR count). The lowest BCUT2D eigenvalue weighted by Gasteiger charge is -2.12. The van der Waals surface area contributed by atoms with Gasteiger partial charge in [0, 0.05) is 17.7 Å². The second kappa shape index (κ2) is 10.2. The number of carbonyl (C=O) groups excluding carboxylic acids is 1. The second-order valence-electron chi connectivity index (χ2n) is 7.02. The second-order valence-corrected chi connectivity index (χ2v) is 7.98. The molecule has 1 heterocycles. The molecule has 32 heavy (non-hydrogen) atoms. The molecule has 0 aliphatic carbocycles. The Balaban J connectivity index is 1.54. The van der Waals surface area contributed by atoms with Gasteiger partial charge in [0.25, 0.3) is 0 Å². The first-order chi connectivity index (χ1) is 15.7. The minimum absolute atomic E-state index is 0.113. The van der Waals surface area contributed by atoms with Crippen LogP contribution in [0.25, 0.3) is 11.0 Å². The number of para-hydroxylation sites is 3. The number of hydrogen-bond acceptors (Lipinski definition) is 6. The van der Waals surface area contributed by atoms with E-state index in [0.717, 1.165) is 44.5 Å². The summed E-state index contributed by atoms with van der Waals surface area (Å²) in [7, 11) is 3.27. The van der Waals surface area contributed by atoms with E-state index in [1.807, 2.05) is 72.8 Å². The molecule has 0 spiro atoms. The molecule has 0 aliphatic rings. The Morgan fingerprint density at radius 3 is 2.28 bits per heavy atom. The number of rotatable bonds is 8. The number of methoxy groups -OCH3 is 2. The molecule has 0 unspecified atom stereocenters. The van der Waals surface area contributed by atoms with Gasteiger partial charge in [-0.15, -0.1) is 0 Å². The van der Waals surface area contributed by atoms with Gasteiger partial charge < -0.3 is 14.8 Å². The number of fused-ring (bicyclic) bond motifs is 1. The Morgan fingerprint density at radius 1 is 0.875 bits per heavy atom. The number of amides is 1. The average molecular weight is 446 g/mol. The third-order valence-corrected chi connectivity index (χ3v) is 5.88. The smallest absolute Gasteiger partial charge is 0.234 e. The largest absolute Gasteiger partial charge is 0.497 e. The normalized spacial score (nSPS) is 10.7. The Morgan fingerprint density at radius 2 is 1.56 bits per heavy atom. The summed E-state index contributed by atoms with van der Waals surface area (Å²) in [6.45, 7) is 0. The molecule has 3 aromatic carbocycles. The molecule has 7 heteroatoms. The van der Waals surface area contributed by atoms with E-state index in [4.69, 9.17) is 19.4 Å². The molecule has 0 radical (unpaired) electrons. The standard InChI is InChI=1S/C25H23N3O3S/c1-30-19-13-11-18(12-14-19)26-24(29)16-32-25-22(15-17-7-3-6-10-23(17)31-2)27-20-8-4-5-9-21(20)28-25/h3-14H,15-16H2,1-2H3,(H,26,29). The molecule has 0 bridgehead atoms. The average Bonchev–Trinajstić information content (AvgIpc) is 2.83. The van der Waals surface area contributed by atoms with E-state index in [-0.39, 0.29) is 11.7 Å². The fourth-order valence-corrected chi connectivity index (χ4v) is 4.07. The van der Waals surface area contributed by atoms with Crippen molar-refractivity contribution in [3.63, 3.8) is 0 Å². The van der Waals surface area contributed by atoms with Gasteiger partial charge in [-0.3, -0.25) is 4.79 Å². The van der Waals surface area contributed by atoms with E-state index < -0.39 is 0 Å². The number of aromatic nitrogens is 2. The highest BCUT2D eigenvalue weighted by molar-refractivity contribution is 8.00. The fraction of sp³-hybridized carbons (Fsp3) is 0.160. The van der Waals surface area contributed by atoms with Crippen LogP contribution in [0, 0.1) is 0 Å². The molecule has 6 nitrogen and oxygen atoms in total. The molecule has 1 amide bonds. The zero-order valence-electron chi connectivity index (χ0n) is 17.9. The van der Waals surface area contributed by atoms with Gasteiger partial charge in [0.1, 0.15) is 16.5 Å². The molecule has 4 aromatic rings. The quantitative estimate of drug-likeness (QED) is 0.386. The molecule has 0 fully saturated rings. The molecule has 0 aliphatic heterocycles. The van der Waals surface area contributed by atoms with E-state index in [1.165, 1.54) is 11.8 Å². The van der Waals surface area contributed by atoms with Crippen molar-refractivity contribution >= 4 is 34.4 Å². The third kappa shape index (κ3) is 5.18. The van der Waals surface area contributed by atoms with Gasteiger partial charge in [-0.2, -0.15) is 0 Å². The Bertz CT molecular complexity index is 1230. The van der Waals surface area contributed by atoms with Crippen LogP contribution in [0.1, 0.15) is 11.3 Å². The third-order valence-electron chi connectivity index (χ3n) is 4.87. The first kappa shape index (κ1) is 21.6. The maximum absolute atomic E-state index is 12.5. The van der Waals surface area contributed by atoms with Gasteiger partial charge in [0.2, 0.25) is 5.91 Å². The van der Waals surface area contributed by atoms with Gasteiger partial charge in [0.15, 0.2) is 0 Å². The predicted octanol–water partition coefficient (Wildman–Crippen LogP) is 4.97. The van der Waals surface area contributed by atoms with E-state index >= 15 is 0 Å². The van der Waals surface area contributed by atoms with Crippen LogP contribution in [0.2, 0.25) is 0 Å². The van der Waals surface area contributed by atoms with Crippen LogP contribution in [-0.2, 0) is 11.2 Å². The molecular formula is C25H23N3O3S. The maximum atomic E-state index is 12.5. The Kier molecular flexibility index (Phi) is 6.87. The van der Waals surface area contributed by atoms with Crippen LogP contribution in [0.3, 0.4) is 0 Å². The number of nitrogens with zero attached hydrogens (tertiary/aromatic N) is 2. The summed E-state index contributed by atoms with van der Waals surface area (Å²) in [5.74, 6) is 1.65. The van der Waals surface area contributed by atoms with Crippen molar-refractivity contribution in [3.05, 3.63) is 84.1 Å². The summed E-state index contributed by atoms with van der Waals surface area (Å²) in [5, 5.41) is 3.64. The number of hydrogen-bond donors (Lipinski definition) is 1. The number of nitrogens with one attached hydrogen (secondary N) is 1. The Labute approximate surface area is 191 Å². The summed E-state index contributed by atoms with van der Waals surface area (Å²) in [4.78, 5) is 22.2. The lowest BCUT2D eigenvalue weighted by atomic mass is 10.1. The molecule has 162 valence electrons. The van der Waals surface area contributed by atoms with Crippen LogP contribution >= 0.6 is 11.8 Å². The number of benzene rings is 3. The zero-order valence-corrected chi connectivity index (χ0v) is 18.7. The monoisotopic (exact) mass is 445 g/mol. The van der Waals surface area contributed by atoms with Crippen molar-refractivity contribution in [2.24, 2.45) is 0 Å². The van der Waals surface area contributed by atoms with Gasteiger partial charge in [0.05, 0.1) is 36.7 Å². The first-order valence-electron chi connectivity index (χ1n) is 10.1. The number of anilines is 1. The summed E-state index contributed by atoms with van der Waals surface area (Å²) >= 11 is 1.38. The molecular weight excluding hydrogens is 422 g/mol. The molecule has 1 N–H and O–H groups in total. The van der Waals surface area contributed by atoms with E-state index in [0.29, 0.717) is 6.42 Å². The van der Waals surface area contributed by atoms with Crippen molar-refractivity contribution in [3.8, 4) is 11.5 Å². The number of thioether (sulfide) groups is 1. The highest BCUT2D eigenvalue weighted by atomic mass is 32.2. The van der Waals surface area contributed by atoms with Crippen molar-refractivity contribution in [2.75, 3.05) is 25.3 Å². The fourth-order valence-electron chi connectivity index (χ4n) is 3.29. The van der Waals surface area contributed by atoms with Crippen molar-refractivity contribution in [2.45, 2.75) is 11.4 Å². The zero-order chi connectivity index (χ0) is 22.3. The minimum Gasteiger partial charge on any atom is -0.497 e. The van der Waals surface area contributed by atoms with Crippen LogP contribution < -0.4 is 14.8 Å². The van der Waals surface area contributed by atoms with Gasteiger partial charge >= 0.3 is 0 Å². The highest BCUT2D eigenvalue weighted by Gasteiger charge is 2.14. The van der Waals surface area contributed by atoms with Crippen LogP contribution in [0.4, 0.5) is 5.69 Å². The van der Waals surface area contributed by atoms with Gasteiger partial charge in [-0.05, 0) is 42.5 Å². The van der Waals surface area contributed by atoms with E-state index in [9.17, 15) is 4.79 Å². The summed E-state index contributed by atoms with van der Waals surface area (Å²) in [6.07, 6.45) is 0.560.